The number of benzene rings is 1. The molecule has 1 aromatic rings. The minimum atomic E-state index is -1.47. The quantitative estimate of drug-likeness (QED) is 0.587. The van der Waals surface area contributed by atoms with Gasteiger partial charge in [0.25, 0.3) is 0 Å². The highest BCUT2D eigenvalue weighted by Gasteiger charge is 2.19. The Kier molecular flexibility index (Phi) is 3.44. The van der Waals surface area contributed by atoms with Crippen molar-refractivity contribution in [2.45, 2.75) is 6.04 Å². The number of carbonyl (C=O) groups is 3. The summed E-state index contributed by atoms with van der Waals surface area (Å²) in [7, 11) is 0. The lowest BCUT2D eigenvalue weighted by atomic mass is 10.0. The number of aromatic carboxylic acids is 2. The largest absolute Gasteiger partial charge is 0.480 e. The SMILES string of the molecule is N[C@@H](C(=O)O)c1cc(C(=O)O)cc(C(=O)O)c1. The Bertz CT molecular complexity index is 463. The summed E-state index contributed by atoms with van der Waals surface area (Å²) in [5.41, 5.74) is 4.57. The minimum absolute atomic E-state index is 0.0743. The van der Waals surface area contributed by atoms with Gasteiger partial charge in [0, 0.05) is 0 Å². The van der Waals surface area contributed by atoms with Gasteiger partial charge in [-0.25, -0.2) is 9.59 Å². The molecule has 0 aromatic heterocycles. The van der Waals surface area contributed by atoms with Crippen molar-refractivity contribution in [1.82, 2.24) is 0 Å². The molecule has 5 N–H and O–H groups in total. The topological polar surface area (TPSA) is 138 Å². The van der Waals surface area contributed by atoms with E-state index in [1.807, 2.05) is 0 Å². The van der Waals surface area contributed by atoms with Crippen molar-refractivity contribution in [1.29, 1.82) is 0 Å². The summed E-state index contributed by atoms with van der Waals surface area (Å²) >= 11 is 0. The van der Waals surface area contributed by atoms with E-state index < -0.39 is 23.9 Å². The summed E-state index contributed by atoms with van der Waals surface area (Å²) in [6.45, 7) is 0. The number of nitrogens with two attached hydrogens (primary N) is 1. The smallest absolute Gasteiger partial charge is 0.335 e. The summed E-state index contributed by atoms with van der Waals surface area (Å²) in [6, 6.07) is 1.54. The molecule has 0 amide bonds. The third kappa shape index (κ3) is 2.79. The third-order valence-corrected chi connectivity index (χ3v) is 2.07. The molecule has 0 fully saturated rings. The molecule has 7 nitrogen and oxygen atoms in total. The Labute approximate surface area is 95.1 Å². The minimum Gasteiger partial charge on any atom is -0.480 e. The molecule has 1 aromatic carbocycles. The standard InChI is InChI=1S/C10H9NO6/c11-7(10(16)17)4-1-5(8(12)13)3-6(2-4)9(14)15/h1-3,7H,11H2,(H,12,13)(H,14,15)(H,16,17)/t7-/m1/s1. The fraction of sp³-hybridized carbons (Fsp3) is 0.100. The van der Waals surface area contributed by atoms with Crippen LogP contribution in [0.2, 0.25) is 0 Å². The second-order valence-electron chi connectivity index (χ2n) is 3.27. The number of carboxylic acid groups (broad SMARTS) is 3. The van der Waals surface area contributed by atoms with E-state index in [0.717, 1.165) is 18.2 Å². The fourth-order valence-corrected chi connectivity index (χ4v) is 1.22. The predicted octanol–water partition coefficient (Wildman–Crippen LogP) is 0.167. The summed E-state index contributed by atoms with van der Waals surface area (Å²) in [5, 5.41) is 26.2. The highest BCUT2D eigenvalue weighted by Crippen LogP contribution is 2.16. The molecule has 0 bridgehead atoms. The van der Waals surface area contributed by atoms with Crippen LogP contribution in [0.5, 0.6) is 0 Å². The molecule has 0 saturated carbocycles. The Morgan fingerprint density at radius 2 is 1.35 bits per heavy atom. The number of aliphatic carboxylic acids is 1. The average Bonchev–Trinajstić information content (AvgIpc) is 2.27. The molecule has 0 radical (unpaired) electrons. The Morgan fingerprint density at radius 3 is 1.65 bits per heavy atom. The Hall–Kier alpha value is -2.41. The molecule has 0 aliphatic carbocycles. The van der Waals surface area contributed by atoms with Crippen molar-refractivity contribution in [2.75, 3.05) is 0 Å². The van der Waals surface area contributed by atoms with E-state index in [0.29, 0.717) is 0 Å². The summed E-state index contributed by atoms with van der Waals surface area (Å²) < 4.78 is 0. The molecule has 7 heteroatoms. The van der Waals surface area contributed by atoms with Gasteiger partial charge in [0.05, 0.1) is 11.1 Å². The Morgan fingerprint density at radius 1 is 0.941 bits per heavy atom. The summed E-state index contributed by atoms with van der Waals surface area (Å²) in [4.78, 5) is 32.1. The van der Waals surface area contributed by atoms with Crippen molar-refractivity contribution in [3.05, 3.63) is 34.9 Å². The molecule has 1 rings (SSSR count). The first-order valence-electron chi connectivity index (χ1n) is 4.43. The van der Waals surface area contributed by atoms with Gasteiger partial charge in [0.2, 0.25) is 0 Å². The fourth-order valence-electron chi connectivity index (χ4n) is 1.22. The highest BCUT2D eigenvalue weighted by atomic mass is 16.4. The Balaban J connectivity index is 3.36. The van der Waals surface area contributed by atoms with Crippen molar-refractivity contribution in [3.8, 4) is 0 Å². The maximum absolute atomic E-state index is 10.7. The maximum atomic E-state index is 10.7. The molecule has 0 aliphatic heterocycles. The molecule has 17 heavy (non-hydrogen) atoms. The van der Waals surface area contributed by atoms with Crippen LogP contribution >= 0.6 is 0 Å². The first-order valence-corrected chi connectivity index (χ1v) is 4.43. The van der Waals surface area contributed by atoms with E-state index >= 15 is 0 Å². The van der Waals surface area contributed by atoms with Gasteiger partial charge in [0.15, 0.2) is 0 Å². The maximum Gasteiger partial charge on any atom is 0.335 e. The first kappa shape index (κ1) is 12.7. The lowest BCUT2D eigenvalue weighted by molar-refractivity contribution is -0.138. The zero-order valence-corrected chi connectivity index (χ0v) is 8.45. The number of carboxylic acids is 3. The number of hydrogen-bond acceptors (Lipinski definition) is 4. The molecule has 90 valence electrons. The van der Waals surface area contributed by atoms with Crippen molar-refractivity contribution >= 4 is 17.9 Å². The van der Waals surface area contributed by atoms with Gasteiger partial charge < -0.3 is 21.1 Å². The first-order chi connectivity index (χ1) is 7.82. The van der Waals surface area contributed by atoms with Gasteiger partial charge in [-0.05, 0) is 23.8 Å². The zero-order chi connectivity index (χ0) is 13.2. The van der Waals surface area contributed by atoms with Crippen LogP contribution in [0.15, 0.2) is 18.2 Å². The van der Waals surface area contributed by atoms with Crippen LogP contribution in [0.1, 0.15) is 32.3 Å². The van der Waals surface area contributed by atoms with Gasteiger partial charge in [-0.3, -0.25) is 4.79 Å². The second kappa shape index (κ2) is 4.62. The van der Waals surface area contributed by atoms with Crippen LogP contribution in [-0.4, -0.2) is 33.2 Å². The van der Waals surface area contributed by atoms with Gasteiger partial charge in [-0.2, -0.15) is 0 Å². The molecule has 0 spiro atoms. The molecule has 0 heterocycles. The van der Waals surface area contributed by atoms with Crippen molar-refractivity contribution < 1.29 is 29.7 Å². The number of hydrogen-bond donors (Lipinski definition) is 4. The van der Waals surface area contributed by atoms with Crippen molar-refractivity contribution in [2.24, 2.45) is 5.73 Å². The van der Waals surface area contributed by atoms with Crippen LogP contribution in [0.3, 0.4) is 0 Å². The molecule has 0 unspecified atom stereocenters. The molecular weight excluding hydrogens is 230 g/mol. The van der Waals surface area contributed by atoms with E-state index in [-0.39, 0.29) is 16.7 Å². The van der Waals surface area contributed by atoms with Crippen LogP contribution in [-0.2, 0) is 4.79 Å². The van der Waals surface area contributed by atoms with Gasteiger partial charge >= 0.3 is 17.9 Å². The van der Waals surface area contributed by atoms with Gasteiger partial charge in [-0.1, -0.05) is 0 Å². The van der Waals surface area contributed by atoms with Crippen LogP contribution < -0.4 is 5.73 Å². The van der Waals surface area contributed by atoms with Crippen LogP contribution in [0.25, 0.3) is 0 Å². The van der Waals surface area contributed by atoms with Crippen LogP contribution in [0.4, 0.5) is 0 Å². The van der Waals surface area contributed by atoms with E-state index in [4.69, 9.17) is 21.1 Å². The summed E-state index contributed by atoms with van der Waals surface area (Å²) in [6.07, 6.45) is 0. The van der Waals surface area contributed by atoms with E-state index in [1.165, 1.54) is 0 Å². The number of rotatable bonds is 4. The predicted molar refractivity (Wildman–Crippen MR) is 54.9 cm³/mol. The average molecular weight is 239 g/mol. The second-order valence-corrected chi connectivity index (χ2v) is 3.27. The molecule has 0 saturated heterocycles. The highest BCUT2D eigenvalue weighted by molar-refractivity contribution is 5.94. The third-order valence-electron chi connectivity index (χ3n) is 2.07. The lowest BCUT2D eigenvalue weighted by Gasteiger charge is -2.09. The van der Waals surface area contributed by atoms with Crippen molar-refractivity contribution in [3.63, 3.8) is 0 Å². The molecule has 0 aliphatic rings. The normalized spacial score (nSPS) is 11.8. The summed E-state index contributed by atoms with van der Waals surface area (Å²) in [5.74, 6) is -4.08. The van der Waals surface area contributed by atoms with E-state index in [2.05, 4.69) is 0 Å². The lowest BCUT2D eigenvalue weighted by Crippen LogP contribution is -2.21. The molecule has 1 atom stereocenters. The monoisotopic (exact) mass is 239 g/mol. The van der Waals surface area contributed by atoms with E-state index in [1.54, 1.807) is 0 Å². The molecular formula is C10H9NO6. The zero-order valence-electron chi connectivity index (χ0n) is 8.45. The van der Waals surface area contributed by atoms with Gasteiger partial charge in [0.1, 0.15) is 6.04 Å². The van der Waals surface area contributed by atoms with E-state index in [9.17, 15) is 14.4 Å². The van der Waals surface area contributed by atoms with Crippen LogP contribution in [0, 0.1) is 0 Å². The van der Waals surface area contributed by atoms with Gasteiger partial charge in [-0.15, -0.1) is 0 Å².